The maximum absolute atomic E-state index is 5.11. The molecule has 1 aromatic rings. The van der Waals surface area contributed by atoms with Gasteiger partial charge in [0.1, 0.15) is 0 Å². The van der Waals surface area contributed by atoms with Crippen LogP contribution in [0.2, 0.25) is 0 Å². The summed E-state index contributed by atoms with van der Waals surface area (Å²) >= 11 is 5.11. The fourth-order valence-corrected chi connectivity index (χ4v) is 2.96. The second-order valence-electron chi connectivity index (χ2n) is 6.28. The Morgan fingerprint density at radius 3 is 1.52 bits per heavy atom. The molecule has 0 amide bonds. The molecule has 0 atom stereocenters. The van der Waals surface area contributed by atoms with Crippen LogP contribution in [0.1, 0.15) is 89.5 Å². The molecule has 0 nitrogen and oxygen atoms in total. The van der Waals surface area contributed by atoms with Gasteiger partial charge < -0.3 is 0 Å². The van der Waals surface area contributed by atoms with Gasteiger partial charge in [-0.3, -0.25) is 0 Å². The molecule has 0 saturated heterocycles. The molecule has 0 saturated carbocycles. The van der Waals surface area contributed by atoms with E-state index in [1.165, 1.54) is 89.0 Å². The minimum Gasteiger partial charge on any atom is -0.0801 e. The van der Waals surface area contributed by atoms with Gasteiger partial charge in [-0.2, -0.15) is 0 Å². The third-order valence-electron chi connectivity index (χ3n) is 4.24. The lowest BCUT2D eigenvalue weighted by Crippen LogP contribution is -1.86. The van der Waals surface area contributed by atoms with Gasteiger partial charge in [0.05, 0.1) is 0 Å². The van der Waals surface area contributed by atoms with Crippen molar-refractivity contribution >= 4 is 12.6 Å². The third-order valence-corrected chi connectivity index (χ3v) is 4.51. The van der Waals surface area contributed by atoms with Crippen LogP contribution >= 0.6 is 12.6 Å². The maximum Gasteiger partial charge on any atom is 0.0377 e. The van der Waals surface area contributed by atoms with Crippen molar-refractivity contribution < 1.29 is 0 Å². The zero-order valence-corrected chi connectivity index (χ0v) is 14.7. The molecule has 0 aliphatic carbocycles. The zero-order chi connectivity index (χ0) is 15.2. The van der Waals surface area contributed by atoms with E-state index in [-0.39, 0.29) is 0 Å². The van der Waals surface area contributed by atoms with E-state index >= 15 is 0 Å². The number of rotatable bonds is 13. The molecule has 0 bridgehead atoms. The van der Waals surface area contributed by atoms with Gasteiger partial charge in [0, 0.05) is 4.90 Å². The first-order valence-electron chi connectivity index (χ1n) is 9.09. The Morgan fingerprint density at radius 2 is 1.05 bits per heavy atom. The molecule has 0 aliphatic rings. The fourth-order valence-electron chi connectivity index (χ4n) is 2.83. The summed E-state index contributed by atoms with van der Waals surface area (Å²) < 4.78 is 0. The van der Waals surface area contributed by atoms with E-state index in [1.807, 2.05) is 12.1 Å². The highest BCUT2D eigenvalue weighted by atomic mass is 32.1. The van der Waals surface area contributed by atoms with Gasteiger partial charge in [-0.1, -0.05) is 102 Å². The minimum atomic E-state index is 0.952. The van der Waals surface area contributed by atoms with Crippen molar-refractivity contribution in [2.75, 3.05) is 0 Å². The Balaban J connectivity index is 1.81. The smallest absolute Gasteiger partial charge is 0.0377 e. The summed E-state index contributed by atoms with van der Waals surface area (Å²) in [5.74, 6) is 0. The first-order valence-corrected chi connectivity index (χ1v) is 9.49. The lowest BCUT2D eigenvalue weighted by molar-refractivity contribution is 0.544. The highest BCUT2D eigenvalue weighted by molar-refractivity contribution is 7.80. The van der Waals surface area contributed by atoms with E-state index in [2.05, 4.69) is 19.1 Å². The molecule has 0 spiro atoms. The molecule has 1 heteroatoms. The summed E-state index contributed by atoms with van der Waals surface area (Å²) in [7, 11) is 0. The van der Waals surface area contributed by atoms with E-state index in [1.54, 1.807) is 0 Å². The molecule has 119 valence electrons. The van der Waals surface area contributed by atoms with Gasteiger partial charge >= 0.3 is 0 Å². The second-order valence-corrected chi connectivity index (χ2v) is 6.75. The predicted octanol–water partition coefficient (Wildman–Crippen LogP) is 7.49. The van der Waals surface area contributed by atoms with Crippen LogP contribution in [0.15, 0.2) is 29.2 Å². The Labute approximate surface area is 138 Å². The van der Waals surface area contributed by atoms with Crippen molar-refractivity contribution in [1.82, 2.24) is 0 Å². The highest BCUT2D eigenvalue weighted by Crippen LogP contribution is 2.14. The van der Waals surface area contributed by atoms with Crippen molar-refractivity contribution in [1.29, 1.82) is 0 Å². The summed E-state index contributed by atoms with van der Waals surface area (Å²) in [6, 6.07) is 8.46. The molecule has 0 heterocycles. The standard InChI is InChI=1S/C20H33S/c1-2-3-4-5-6-7-8-9-10-11-12-13-14-19-15-17-20(21)18-16-19/h15-18H,2-14H2,1H3. The average Bonchev–Trinajstić information content (AvgIpc) is 2.50. The maximum atomic E-state index is 5.11. The normalized spacial score (nSPS) is 10.9. The number of unbranched alkanes of at least 4 members (excludes halogenated alkanes) is 11. The van der Waals surface area contributed by atoms with Crippen molar-refractivity contribution in [3.63, 3.8) is 0 Å². The lowest BCUT2D eigenvalue weighted by atomic mass is 10.0. The molecular formula is C20H33S. The van der Waals surface area contributed by atoms with Crippen molar-refractivity contribution in [3.05, 3.63) is 29.8 Å². The van der Waals surface area contributed by atoms with Crippen LogP contribution < -0.4 is 0 Å². The molecule has 1 aromatic carbocycles. The van der Waals surface area contributed by atoms with Crippen LogP contribution in [-0.2, 0) is 6.42 Å². The number of aryl methyl sites for hydroxylation is 1. The quantitative estimate of drug-likeness (QED) is 0.331. The van der Waals surface area contributed by atoms with Gasteiger partial charge in [0.2, 0.25) is 0 Å². The van der Waals surface area contributed by atoms with Crippen molar-refractivity contribution in [3.8, 4) is 0 Å². The van der Waals surface area contributed by atoms with Gasteiger partial charge in [-0.25, -0.2) is 0 Å². The Kier molecular flexibility index (Phi) is 11.6. The molecule has 0 aliphatic heterocycles. The molecular weight excluding hydrogens is 272 g/mol. The second kappa shape index (κ2) is 13.1. The van der Waals surface area contributed by atoms with Crippen molar-refractivity contribution in [2.24, 2.45) is 0 Å². The zero-order valence-electron chi connectivity index (χ0n) is 13.9. The van der Waals surface area contributed by atoms with Gasteiger partial charge in [0.25, 0.3) is 0 Å². The summed E-state index contributed by atoms with van der Waals surface area (Å²) in [5.41, 5.74) is 1.44. The molecule has 0 N–H and O–H groups in total. The van der Waals surface area contributed by atoms with Crippen LogP contribution in [-0.4, -0.2) is 0 Å². The van der Waals surface area contributed by atoms with Gasteiger partial charge in [0.15, 0.2) is 0 Å². The van der Waals surface area contributed by atoms with E-state index in [9.17, 15) is 0 Å². The summed E-state index contributed by atoms with van der Waals surface area (Å²) in [4.78, 5) is 0.952. The Hall–Kier alpha value is -0.560. The molecule has 1 rings (SSSR count). The number of benzene rings is 1. The van der Waals surface area contributed by atoms with Crippen LogP contribution in [0.3, 0.4) is 0 Å². The monoisotopic (exact) mass is 305 g/mol. The van der Waals surface area contributed by atoms with E-state index < -0.39 is 0 Å². The van der Waals surface area contributed by atoms with Crippen LogP contribution in [0.4, 0.5) is 0 Å². The SMILES string of the molecule is CCCCCCCCCCCCCCc1ccc([S])cc1. The van der Waals surface area contributed by atoms with Crippen LogP contribution in [0.5, 0.6) is 0 Å². The number of hydrogen-bond acceptors (Lipinski definition) is 0. The van der Waals surface area contributed by atoms with Crippen LogP contribution in [0, 0.1) is 0 Å². The van der Waals surface area contributed by atoms with E-state index in [4.69, 9.17) is 12.6 Å². The highest BCUT2D eigenvalue weighted by Gasteiger charge is 1.95. The summed E-state index contributed by atoms with van der Waals surface area (Å²) in [6.07, 6.45) is 18.3. The number of hydrogen-bond donors (Lipinski definition) is 0. The lowest BCUT2D eigenvalue weighted by Gasteiger charge is -2.03. The van der Waals surface area contributed by atoms with E-state index in [0.717, 1.165) is 4.90 Å². The Bertz CT molecular complexity index is 328. The molecule has 0 fully saturated rings. The van der Waals surface area contributed by atoms with Gasteiger partial charge in [-0.05, 0) is 30.5 Å². The predicted molar refractivity (Wildman–Crippen MR) is 97.1 cm³/mol. The molecule has 0 unspecified atom stereocenters. The first-order chi connectivity index (χ1) is 10.3. The van der Waals surface area contributed by atoms with Gasteiger partial charge in [-0.15, -0.1) is 0 Å². The van der Waals surface area contributed by atoms with E-state index in [0.29, 0.717) is 0 Å². The summed E-state index contributed by atoms with van der Waals surface area (Å²) in [6.45, 7) is 2.29. The first kappa shape index (κ1) is 18.5. The minimum absolute atomic E-state index is 0.952. The van der Waals surface area contributed by atoms with Crippen LogP contribution in [0.25, 0.3) is 0 Å². The molecule has 0 aromatic heterocycles. The third kappa shape index (κ3) is 10.8. The van der Waals surface area contributed by atoms with Crippen molar-refractivity contribution in [2.45, 2.75) is 95.3 Å². The molecule has 21 heavy (non-hydrogen) atoms. The largest absolute Gasteiger partial charge is 0.0801 e. The summed E-state index contributed by atoms with van der Waals surface area (Å²) in [5, 5.41) is 0. The fraction of sp³-hybridized carbons (Fsp3) is 0.700. The molecule has 1 radical (unpaired) electrons. The topological polar surface area (TPSA) is 0 Å². The Morgan fingerprint density at radius 1 is 0.619 bits per heavy atom. The average molecular weight is 306 g/mol.